The minimum Gasteiger partial charge on any atom is -0.388 e. The molecule has 0 amide bonds. The number of rotatable bonds is 5. The van der Waals surface area contributed by atoms with Gasteiger partial charge in [0, 0.05) is 6.54 Å². The van der Waals surface area contributed by atoms with E-state index >= 15 is 0 Å². The molecule has 2 rings (SSSR count). The van der Waals surface area contributed by atoms with Crippen LogP contribution < -0.4 is 5.32 Å². The molecule has 0 spiro atoms. The summed E-state index contributed by atoms with van der Waals surface area (Å²) < 4.78 is 1.06. The van der Waals surface area contributed by atoms with Crippen LogP contribution in [-0.4, -0.2) is 27.2 Å². The van der Waals surface area contributed by atoms with E-state index in [4.69, 9.17) is 0 Å². The molecule has 0 aliphatic rings. The molecule has 0 aliphatic carbocycles. The Morgan fingerprint density at radius 2 is 2.16 bits per heavy atom. The van der Waals surface area contributed by atoms with Crippen LogP contribution in [0.25, 0.3) is 10.2 Å². The summed E-state index contributed by atoms with van der Waals surface area (Å²) in [5, 5.41) is 15.7. The maximum absolute atomic E-state index is 10.3. The number of nitrogens with zero attached hydrogens (tertiary/aromatic N) is 2. The van der Waals surface area contributed by atoms with E-state index in [1.54, 1.807) is 17.7 Å². The van der Waals surface area contributed by atoms with Crippen LogP contribution in [0.15, 0.2) is 11.7 Å². The molecule has 5 heteroatoms. The van der Waals surface area contributed by atoms with Crippen molar-refractivity contribution in [3.05, 3.63) is 17.3 Å². The number of aliphatic hydroxyl groups is 1. The summed E-state index contributed by atoms with van der Waals surface area (Å²) in [5.41, 5.74) is 1.43. The Morgan fingerprint density at radius 3 is 2.84 bits per heavy atom. The lowest BCUT2D eigenvalue weighted by atomic mass is 9.94. The van der Waals surface area contributed by atoms with Gasteiger partial charge in [0.2, 0.25) is 0 Å². The van der Waals surface area contributed by atoms with Crippen molar-refractivity contribution < 1.29 is 5.11 Å². The summed E-state index contributed by atoms with van der Waals surface area (Å²) in [6, 6.07) is 0. The molecule has 0 saturated carbocycles. The Hall–Kier alpha value is -1.20. The van der Waals surface area contributed by atoms with E-state index in [2.05, 4.69) is 34.5 Å². The predicted octanol–water partition coefficient (Wildman–Crippen LogP) is 3.21. The molecule has 2 aromatic heterocycles. The van der Waals surface area contributed by atoms with Gasteiger partial charge >= 0.3 is 0 Å². The standard InChI is InChI=1S/C14H21N3OS/c1-9(2)5-14(4,18)7-15-13-12-11(16-8-17-13)10(3)6-19-12/h6,8-9,18H,5,7H2,1-4H3,(H,15,16,17). The first-order valence-corrected chi connectivity index (χ1v) is 7.42. The van der Waals surface area contributed by atoms with Crippen LogP contribution in [0, 0.1) is 12.8 Å². The van der Waals surface area contributed by atoms with Crippen LogP contribution in [0.4, 0.5) is 5.82 Å². The van der Waals surface area contributed by atoms with E-state index in [1.165, 1.54) is 5.56 Å². The van der Waals surface area contributed by atoms with Crippen molar-refractivity contribution in [3.8, 4) is 0 Å². The van der Waals surface area contributed by atoms with Gasteiger partial charge in [0.25, 0.3) is 0 Å². The van der Waals surface area contributed by atoms with Crippen LogP contribution in [0.1, 0.15) is 32.8 Å². The first-order chi connectivity index (χ1) is 8.89. The van der Waals surface area contributed by atoms with Gasteiger partial charge in [0.05, 0.1) is 15.8 Å². The number of anilines is 1. The third-order valence-corrected chi connectivity index (χ3v) is 4.11. The molecule has 0 fully saturated rings. The normalized spacial score (nSPS) is 14.8. The number of fused-ring (bicyclic) bond motifs is 1. The molecule has 1 unspecified atom stereocenters. The molecule has 1 atom stereocenters. The van der Waals surface area contributed by atoms with Crippen LogP contribution in [0.3, 0.4) is 0 Å². The van der Waals surface area contributed by atoms with Gasteiger partial charge < -0.3 is 10.4 Å². The molecule has 2 N–H and O–H groups in total. The number of nitrogens with one attached hydrogen (secondary N) is 1. The second-order valence-corrected chi connectivity index (χ2v) is 6.65. The second kappa shape index (κ2) is 5.43. The van der Waals surface area contributed by atoms with E-state index in [9.17, 15) is 5.11 Å². The van der Waals surface area contributed by atoms with Crippen LogP contribution in [-0.2, 0) is 0 Å². The molecule has 104 valence electrons. The van der Waals surface area contributed by atoms with Gasteiger partial charge in [-0.2, -0.15) is 0 Å². The van der Waals surface area contributed by atoms with Crippen molar-refractivity contribution in [1.29, 1.82) is 0 Å². The molecule has 0 saturated heterocycles. The molecular formula is C14H21N3OS. The van der Waals surface area contributed by atoms with Gasteiger partial charge in [-0.1, -0.05) is 13.8 Å². The first-order valence-electron chi connectivity index (χ1n) is 6.54. The van der Waals surface area contributed by atoms with Gasteiger partial charge in [-0.05, 0) is 37.1 Å². The Labute approximate surface area is 117 Å². The maximum Gasteiger partial charge on any atom is 0.147 e. The second-order valence-electron chi connectivity index (χ2n) is 5.77. The highest BCUT2D eigenvalue weighted by molar-refractivity contribution is 7.18. The zero-order chi connectivity index (χ0) is 14.0. The van der Waals surface area contributed by atoms with Crippen molar-refractivity contribution in [1.82, 2.24) is 9.97 Å². The van der Waals surface area contributed by atoms with Crippen molar-refractivity contribution >= 4 is 27.4 Å². The number of hydrogen-bond acceptors (Lipinski definition) is 5. The number of aryl methyl sites for hydroxylation is 1. The van der Waals surface area contributed by atoms with E-state index in [-0.39, 0.29) is 0 Å². The lowest BCUT2D eigenvalue weighted by Gasteiger charge is -2.25. The minimum absolute atomic E-state index is 0.464. The van der Waals surface area contributed by atoms with Crippen molar-refractivity contribution in [2.24, 2.45) is 5.92 Å². The average Bonchev–Trinajstić information content (AvgIpc) is 2.68. The van der Waals surface area contributed by atoms with Crippen molar-refractivity contribution in [3.63, 3.8) is 0 Å². The van der Waals surface area contributed by atoms with Crippen LogP contribution >= 0.6 is 11.3 Å². The highest BCUT2D eigenvalue weighted by atomic mass is 32.1. The average molecular weight is 279 g/mol. The zero-order valence-corrected chi connectivity index (χ0v) is 12.7. The lowest BCUT2D eigenvalue weighted by molar-refractivity contribution is 0.0515. The third-order valence-electron chi connectivity index (χ3n) is 3.02. The molecule has 2 heterocycles. The Bertz CT molecular complexity index is 563. The fraction of sp³-hybridized carbons (Fsp3) is 0.571. The van der Waals surface area contributed by atoms with Gasteiger partial charge in [0.15, 0.2) is 0 Å². The Morgan fingerprint density at radius 1 is 1.42 bits per heavy atom. The monoisotopic (exact) mass is 279 g/mol. The largest absolute Gasteiger partial charge is 0.388 e. The van der Waals surface area contributed by atoms with Gasteiger partial charge in [-0.15, -0.1) is 11.3 Å². The van der Waals surface area contributed by atoms with Crippen molar-refractivity contribution in [2.45, 2.75) is 39.7 Å². The van der Waals surface area contributed by atoms with Crippen LogP contribution in [0.2, 0.25) is 0 Å². The summed E-state index contributed by atoms with van der Waals surface area (Å²) >= 11 is 1.64. The molecular weight excluding hydrogens is 258 g/mol. The third kappa shape index (κ3) is 3.42. The Balaban J connectivity index is 2.14. The fourth-order valence-electron chi connectivity index (χ4n) is 2.32. The summed E-state index contributed by atoms with van der Waals surface area (Å²) in [7, 11) is 0. The van der Waals surface area contributed by atoms with E-state index in [0.717, 1.165) is 22.5 Å². The quantitative estimate of drug-likeness (QED) is 0.882. The molecule has 0 aromatic carbocycles. The SMILES string of the molecule is Cc1csc2c(NCC(C)(O)CC(C)C)ncnc12. The lowest BCUT2D eigenvalue weighted by Crippen LogP contribution is -2.35. The molecule has 0 aliphatic heterocycles. The molecule has 0 bridgehead atoms. The molecule has 4 nitrogen and oxygen atoms in total. The predicted molar refractivity (Wildman–Crippen MR) is 80.7 cm³/mol. The van der Waals surface area contributed by atoms with Gasteiger partial charge in [-0.3, -0.25) is 0 Å². The number of thiophene rings is 1. The van der Waals surface area contributed by atoms with E-state index in [1.807, 2.05) is 13.8 Å². The summed E-state index contributed by atoms with van der Waals surface area (Å²) in [6.07, 6.45) is 2.33. The van der Waals surface area contributed by atoms with Crippen LogP contribution in [0.5, 0.6) is 0 Å². The fourth-order valence-corrected chi connectivity index (χ4v) is 3.29. The zero-order valence-electron chi connectivity index (χ0n) is 11.9. The minimum atomic E-state index is -0.724. The topological polar surface area (TPSA) is 58.0 Å². The molecule has 2 aromatic rings. The first kappa shape index (κ1) is 14.2. The van der Waals surface area contributed by atoms with Crippen molar-refractivity contribution in [2.75, 3.05) is 11.9 Å². The van der Waals surface area contributed by atoms with Gasteiger partial charge in [0.1, 0.15) is 12.1 Å². The number of aromatic nitrogens is 2. The molecule has 19 heavy (non-hydrogen) atoms. The maximum atomic E-state index is 10.3. The highest BCUT2D eigenvalue weighted by Gasteiger charge is 2.22. The van der Waals surface area contributed by atoms with Gasteiger partial charge in [-0.25, -0.2) is 9.97 Å². The van der Waals surface area contributed by atoms with E-state index < -0.39 is 5.60 Å². The number of hydrogen-bond donors (Lipinski definition) is 2. The smallest absolute Gasteiger partial charge is 0.147 e. The Kier molecular flexibility index (Phi) is 4.06. The summed E-state index contributed by atoms with van der Waals surface area (Å²) in [4.78, 5) is 8.57. The highest BCUT2D eigenvalue weighted by Crippen LogP contribution is 2.29. The summed E-state index contributed by atoms with van der Waals surface area (Å²) in [6.45, 7) is 8.62. The summed E-state index contributed by atoms with van der Waals surface area (Å²) in [5.74, 6) is 1.28. The van der Waals surface area contributed by atoms with E-state index in [0.29, 0.717) is 12.5 Å². The molecule has 0 radical (unpaired) electrons.